The second-order valence-corrected chi connectivity index (χ2v) is 8.94. The molecule has 0 aliphatic carbocycles. The van der Waals surface area contributed by atoms with E-state index in [1.54, 1.807) is 19.2 Å². The SMILES string of the molecule is C=C=C(C)/C=C\C=C(/CC)CO.CC.CC(=O)OCC(OC(C)C)OC(C)C.CN(NN)C(=N)C(=N)c1ccccc1. The lowest BCUT2D eigenvalue weighted by molar-refractivity contribution is -0.206. The van der Waals surface area contributed by atoms with Crippen LogP contribution in [0.1, 0.15) is 74.3 Å². The van der Waals surface area contributed by atoms with Gasteiger partial charge in [-0.1, -0.05) is 75.9 Å². The van der Waals surface area contributed by atoms with Crippen molar-refractivity contribution in [2.24, 2.45) is 5.84 Å². The number of likely N-dealkylation sites (N-methyl/N-ethyl adjacent to an activating group) is 1. The summed E-state index contributed by atoms with van der Waals surface area (Å²) in [6.45, 7) is 20.7. The Morgan fingerprint density at radius 3 is 2.02 bits per heavy atom. The summed E-state index contributed by atoms with van der Waals surface area (Å²) in [4.78, 5) is 10.6. The summed E-state index contributed by atoms with van der Waals surface area (Å²) in [5, 5.41) is 25.4. The molecule has 0 amide bonds. The largest absolute Gasteiger partial charge is 0.460 e. The van der Waals surface area contributed by atoms with Crippen molar-refractivity contribution < 1.29 is 24.1 Å². The number of carbonyl (C=O) groups excluding carboxylic acids is 1. The molecule has 1 aromatic carbocycles. The van der Waals surface area contributed by atoms with Crippen molar-refractivity contribution in [2.75, 3.05) is 20.3 Å². The number of nitrogens with zero attached hydrogens (tertiary/aromatic N) is 1. The maximum absolute atomic E-state index is 10.6. The average molecular weight is 590 g/mol. The Morgan fingerprint density at radius 1 is 1.12 bits per heavy atom. The summed E-state index contributed by atoms with van der Waals surface area (Å²) in [5.41, 5.74) is 7.90. The van der Waals surface area contributed by atoms with Gasteiger partial charge < -0.3 is 19.3 Å². The van der Waals surface area contributed by atoms with Gasteiger partial charge in [-0.2, -0.15) is 5.53 Å². The van der Waals surface area contributed by atoms with Gasteiger partial charge in [0.15, 0.2) is 12.1 Å². The first-order valence-corrected chi connectivity index (χ1v) is 14.0. The molecule has 0 spiro atoms. The van der Waals surface area contributed by atoms with Gasteiger partial charge in [0.2, 0.25) is 0 Å². The van der Waals surface area contributed by atoms with Crippen LogP contribution < -0.4 is 11.4 Å². The third-order valence-electron chi connectivity index (χ3n) is 4.71. The van der Waals surface area contributed by atoms with Gasteiger partial charge >= 0.3 is 5.97 Å². The molecule has 0 bridgehead atoms. The van der Waals surface area contributed by atoms with Crippen LogP contribution in [0.5, 0.6) is 0 Å². The minimum Gasteiger partial charge on any atom is -0.460 e. The molecule has 0 aliphatic heterocycles. The molecule has 0 aromatic heterocycles. The van der Waals surface area contributed by atoms with Crippen LogP contribution in [-0.4, -0.2) is 66.4 Å². The first-order valence-electron chi connectivity index (χ1n) is 14.0. The van der Waals surface area contributed by atoms with Gasteiger partial charge in [0.05, 0.1) is 18.8 Å². The second-order valence-electron chi connectivity index (χ2n) is 8.94. The zero-order valence-electron chi connectivity index (χ0n) is 27.3. The van der Waals surface area contributed by atoms with Gasteiger partial charge in [0, 0.05) is 19.5 Å². The Kier molecular flexibility index (Phi) is 28.5. The molecular weight excluding hydrogens is 534 g/mol. The molecule has 10 nitrogen and oxygen atoms in total. The van der Waals surface area contributed by atoms with Crippen LogP contribution in [0.25, 0.3) is 0 Å². The van der Waals surface area contributed by atoms with Crippen LogP contribution in [0.15, 0.2) is 72.0 Å². The van der Waals surface area contributed by atoms with Gasteiger partial charge in [0.1, 0.15) is 12.3 Å². The number of nitrogens with one attached hydrogen (secondary N) is 3. The Labute approximate surface area is 253 Å². The summed E-state index contributed by atoms with van der Waals surface area (Å²) in [7, 11) is 1.58. The van der Waals surface area contributed by atoms with E-state index in [4.69, 9.17) is 36.0 Å². The third kappa shape index (κ3) is 24.4. The lowest BCUT2D eigenvalue weighted by Crippen LogP contribution is -2.46. The van der Waals surface area contributed by atoms with E-state index in [9.17, 15) is 4.79 Å². The third-order valence-corrected chi connectivity index (χ3v) is 4.71. The molecular formula is C32H55N5O5. The molecule has 0 atom stereocenters. The van der Waals surface area contributed by atoms with Crippen LogP contribution >= 0.6 is 0 Å². The highest BCUT2D eigenvalue weighted by atomic mass is 16.7. The van der Waals surface area contributed by atoms with E-state index in [1.807, 2.05) is 91.8 Å². The van der Waals surface area contributed by atoms with Crippen LogP contribution in [0, 0.1) is 10.8 Å². The number of allylic oxidation sites excluding steroid dienone is 4. The molecule has 0 aliphatic rings. The second kappa shape index (κ2) is 27.8. The first kappa shape index (κ1) is 43.1. The first-order chi connectivity index (χ1) is 19.8. The summed E-state index contributed by atoms with van der Waals surface area (Å²) < 4.78 is 15.6. The van der Waals surface area contributed by atoms with Crippen molar-refractivity contribution in [2.45, 2.75) is 87.2 Å². The Balaban J connectivity index is -0.000000529. The van der Waals surface area contributed by atoms with E-state index >= 15 is 0 Å². The number of nitrogens with two attached hydrogens (primary N) is 1. The molecule has 0 radical (unpaired) electrons. The van der Waals surface area contributed by atoms with Gasteiger partial charge in [-0.05, 0) is 52.2 Å². The topological polar surface area (TPSA) is 154 Å². The molecule has 0 unspecified atom stereocenters. The zero-order chi connectivity index (χ0) is 33.1. The normalized spacial score (nSPS) is 10.5. The number of esters is 1. The van der Waals surface area contributed by atoms with Gasteiger partial charge in [0.25, 0.3) is 0 Å². The Bertz CT molecular complexity index is 968. The van der Waals surface area contributed by atoms with E-state index in [0.29, 0.717) is 5.56 Å². The average Bonchev–Trinajstić information content (AvgIpc) is 2.98. The molecule has 1 rings (SSSR count). The van der Waals surface area contributed by atoms with Gasteiger partial charge in [-0.25, -0.2) is 0 Å². The molecule has 42 heavy (non-hydrogen) atoms. The van der Waals surface area contributed by atoms with E-state index in [2.05, 4.69) is 17.8 Å². The number of hydrogen-bond acceptors (Lipinski definition) is 9. The minimum atomic E-state index is -0.473. The predicted molar refractivity (Wildman–Crippen MR) is 173 cm³/mol. The lowest BCUT2D eigenvalue weighted by Gasteiger charge is -2.22. The number of aliphatic hydroxyl groups excluding tert-OH is 1. The van der Waals surface area contributed by atoms with Crippen molar-refractivity contribution in [3.8, 4) is 0 Å². The molecule has 1 aromatic rings. The van der Waals surface area contributed by atoms with Crippen LogP contribution in [0.4, 0.5) is 0 Å². The smallest absolute Gasteiger partial charge is 0.302 e. The highest BCUT2D eigenvalue weighted by molar-refractivity contribution is 6.44. The van der Waals surface area contributed by atoms with Gasteiger partial charge in [-0.3, -0.25) is 26.5 Å². The van der Waals surface area contributed by atoms with Crippen molar-refractivity contribution in [3.63, 3.8) is 0 Å². The minimum absolute atomic E-state index is 0.0266. The molecule has 6 N–H and O–H groups in total. The molecule has 0 heterocycles. The van der Waals surface area contributed by atoms with Crippen molar-refractivity contribution >= 4 is 17.5 Å². The van der Waals surface area contributed by atoms with E-state index < -0.39 is 6.29 Å². The van der Waals surface area contributed by atoms with Crippen molar-refractivity contribution in [1.82, 2.24) is 10.5 Å². The van der Waals surface area contributed by atoms with Crippen LogP contribution in [0.3, 0.4) is 0 Å². The summed E-state index contributed by atoms with van der Waals surface area (Å²) in [6.07, 6.45) is 6.25. The van der Waals surface area contributed by atoms with Crippen LogP contribution in [0.2, 0.25) is 0 Å². The van der Waals surface area contributed by atoms with E-state index in [-0.39, 0.29) is 42.9 Å². The monoisotopic (exact) mass is 589 g/mol. The number of hydrogen-bond donors (Lipinski definition) is 5. The fraction of sp³-hybridized carbons (Fsp3) is 0.500. The predicted octanol–water partition coefficient (Wildman–Crippen LogP) is 5.70. The highest BCUT2D eigenvalue weighted by Gasteiger charge is 2.15. The lowest BCUT2D eigenvalue weighted by atomic mass is 10.1. The number of amidine groups is 1. The zero-order valence-corrected chi connectivity index (χ0v) is 27.3. The number of ether oxygens (including phenoxy) is 3. The molecule has 0 saturated heterocycles. The highest BCUT2D eigenvalue weighted by Crippen LogP contribution is 2.05. The standard InChI is InChI=1S/C11H16O.C10H20O4.C9H13N5.C2H6/c1-4-10(3)7-6-8-11(5-2)9-12;1-7(2)13-10(14-8(3)4)6-12-9(5)11;1-14(13-12)9(11)8(10)7-5-3-2-4-6-7;1-2/h6-8,12H,1,5,9H2,2-3H3;7-8,10H,6H2,1-5H3;2-6,10-11,13H,12H2,1H3;1-2H3/b7-6-,11-8+;;;. The van der Waals surface area contributed by atoms with E-state index in [1.165, 1.54) is 11.9 Å². The maximum Gasteiger partial charge on any atom is 0.302 e. The number of carbonyl (C=O) groups is 1. The fourth-order valence-electron chi connectivity index (χ4n) is 2.55. The van der Waals surface area contributed by atoms with Crippen LogP contribution in [-0.2, 0) is 19.0 Å². The summed E-state index contributed by atoms with van der Waals surface area (Å²) >= 11 is 0. The maximum atomic E-state index is 10.6. The number of hydrazine groups is 2. The summed E-state index contributed by atoms with van der Waals surface area (Å²) in [5.74, 6) is 4.83. The number of rotatable bonds is 13. The van der Waals surface area contributed by atoms with Crippen molar-refractivity contribution in [3.05, 3.63) is 77.6 Å². The number of aliphatic hydroxyl groups is 1. The fourth-order valence-corrected chi connectivity index (χ4v) is 2.55. The van der Waals surface area contributed by atoms with Crippen molar-refractivity contribution in [1.29, 1.82) is 10.8 Å². The molecule has 238 valence electrons. The molecule has 10 heteroatoms. The summed E-state index contributed by atoms with van der Waals surface area (Å²) in [6, 6.07) is 9.08. The Hall–Kier alpha value is -3.37. The number of benzene rings is 1. The molecule has 0 saturated carbocycles. The molecule has 0 fully saturated rings. The quantitative estimate of drug-likeness (QED) is 0.0287. The van der Waals surface area contributed by atoms with E-state index in [0.717, 1.165) is 17.6 Å². The van der Waals surface area contributed by atoms with Gasteiger partial charge in [-0.15, -0.1) is 5.73 Å². The Morgan fingerprint density at radius 2 is 1.64 bits per heavy atom.